The Bertz CT molecular complexity index is 1080. The van der Waals surface area contributed by atoms with Crippen molar-refractivity contribution in [3.05, 3.63) is 80.0 Å². The molecule has 3 heterocycles. The molecule has 4 rings (SSSR count). The van der Waals surface area contributed by atoms with E-state index in [0.29, 0.717) is 34.7 Å². The molecule has 0 bridgehead atoms. The van der Waals surface area contributed by atoms with E-state index in [9.17, 15) is 4.79 Å². The number of carbonyl (C=O) groups is 1. The van der Waals surface area contributed by atoms with Crippen molar-refractivity contribution >= 4 is 52.3 Å². The summed E-state index contributed by atoms with van der Waals surface area (Å²) in [6.45, 7) is 1.79. The highest BCUT2D eigenvalue weighted by atomic mass is 35.5. The van der Waals surface area contributed by atoms with Crippen LogP contribution in [0.4, 0.5) is 0 Å². The zero-order valence-corrected chi connectivity index (χ0v) is 18.9. The normalized spacial score (nSPS) is 14.9. The van der Waals surface area contributed by atoms with Crippen LogP contribution in [-0.2, 0) is 6.54 Å². The predicted molar refractivity (Wildman–Crippen MR) is 120 cm³/mol. The Morgan fingerprint density at radius 2 is 1.77 bits per heavy atom. The standard InChI is InChI=1S/C21H18Cl4N4O/c22-15-1-2-16(23)14(11-15)12-29-10-7-26-20(29)13-5-8-28(9-6-13)21(30)19-17(24)3-4-18(25)27-19/h1-4,7,10-11,13H,5-6,8-9,12H2. The van der Waals surface area contributed by atoms with E-state index in [0.717, 1.165) is 24.2 Å². The lowest BCUT2D eigenvalue weighted by Gasteiger charge is -2.32. The molecule has 1 amide bonds. The minimum atomic E-state index is -0.199. The molecule has 5 nitrogen and oxygen atoms in total. The lowest BCUT2D eigenvalue weighted by atomic mass is 9.95. The van der Waals surface area contributed by atoms with Gasteiger partial charge in [-0.3, -0.25) is 4.79 Å². The van der Waals surface area contributed by atoms with Gasteiger partial charge in [-0.15, -0.1) is 0 Å². The van der Waals surface area contributed by atoms with E-state index in [2.05, 4.69) is 14.5 Å². The number of pyridine rings is 1. The van der Waals surface area contributed by atoms with Crippen LogP contribution in [0.1, 0.15) is 40.6 Å². The zero-order valence-electron chi connectivity index (χ0n) is 15.9. The minimum Gasteiger partial charge on any atom is -0.337 e. The largest absolute Gasteiger partial charge is 0.337 e. The van der Waals surface area contributed by atoms with Crippen molar-refractivity contribution < 1.29 is 4.79 Å². The van der Waals surface area contributed by atoms with E-state index < -0.39 is 0 Å². The van der Waals surface area contributed by atoms with Gasteiger partial charge in [0, 0.05) is 41.4 Å². The van der Waals surface area contributed by atoms with Crippen LogP contribution in [0, 0.1) is 0 Å². The fourth-order valence-corrected chi connectivity index (χ4v) is 4.43. The monoisotopic (exact) mass is 482 g/mol. The van der Waals surface area contributed by atoms with Crippen LogP contribution in [-0.4, -0.2) is 38.4 Å². The quantitative estimate of drug-likeness (QED) is 0.430. The van der Waals surface area contributed by atoms with Gasteiger partial charge in [0.05, 0.1) is 11.6 Å². The summed E-state index contributed by atoms with van der Waals surface area (Å²) in [6, 6.07) is 8.61. The molecule has 1 aliphatic heterocycles. The van der Waals surface area contributed by atoms with Crippen molar-refractivity contribution in [2.75, 3.05) is 13.1 Å². The van der Waals surface area contributed by atoms with Crippen LogP contribution in [0.2, 0.25) is 20.2 Å². The number of halogens is 4. The molecule has 0 aliphatic carbocycles. The Kier molecular flexibility index (Phi) is 6.54. The summed E-state index contributed by atoms with van der Waals surface area (Å²) in [5.41, 5.74) is 1.14. The number of carbonyl (C=O) groups excluding carboxylic acids is 1. The highest BCUT2D eigenvalue weighted by molar-refractivity contribution is 6.35. The molecule has 0 radical (unpaired) electrons. The fourth-order valence-electron chi connectivity index (χ4n) is 3.72. The molecule has 156 valence electrons. The molecule has 2 aromatic heterocycles. The molecule has 0 atom stereocenters. The van der Waals surface area contributed by atoms with Gasteiger partial charge >= 0.3 is 0 Å². The molecule has 1 aliphatic rings. The van der Waals surface area contributed by atoms with Gasteiger partial charge in [0.25, 0.3) is 5.91 Å². The van der Waals surface area contributed by atoms with Gasteiger partial charge in [-0.05, 0) is 48.7 Å². The van der Waals surface area contributed by atoms with Gasteiger partial charge in [-0.25, -0.2) is 9.97 Å². The topological polar surface area (TPSA) is 51.0 Å². The van der Waals surface area contributed by atoms with E-state index in [4.69, 9.17) is 46.4 Å². The lowest BCUT2D eigenvalue weighted by molar-refractivity contribution is 0.0704. The summed E-state index contributed by atoms with van der Waals surface area (Å²) in [5, 5.41) is 1.88. The van der Waals surface area contributed by atoms with Gasteiger partial charge in [0.2, 0.25) is 0 Å². The van der Waals surface area contributed by atoms with Crippen molar-refractivity contribution in [2.45, 2.75) is 25.3 Å². The number of piperidine rings is 1. The van der Waals surface area contributed by atoms with Crippen molar-refractivity contribution in [3.63, 3.8) is 0 Å². The summed E-state index contributed by atoms with van der Waals surface area (Å²) in [5.74, 6) is 1.02. The van der Waals surface area contributed by atoms with Gasteiger partial charge in [-0.1, -0.05) is 46.4 Å². The second kappa shape index (κ2) is 9.15. The number of aromatic nitrogens is 3. The maximum atomic E-state index is 12.8. The third-order valence-corrected chi connectivity index (χ3v) is 6.38. The molecule has 1 aromatic carbocycles. The first kappa shape index (κ1) is 21.4. The number of hydrogen-bond acceptors (Lipinski definition) is 3. The van der Waals surface area contributed by atoms with Gasteiger partial charge in [0.1, 0.15) is 16.7 Å². The summed E-state index contributed by atoms with van der Waals surface area (Å²) in [4.78, 5) is 23.3. The average Bonchev–Trinajstić information content (AvgIpc) is 3.20. The summed E-state index contributed by atoms with van der Waals surface area (Å²) < 4.78 is 2.09. The third kappa shape index (κ3) is 4.59. The van der Waals surface area contributed by atoms with Crippen molar-refractivity contribution in [2.24, 2.45) is 0 Å². The van der Waals surface area contributed by atoms with E-state index in [1.54, 1.807) is 35.4 Å². The molecule has 0 unspecified atom stereocenters. The molecule has 30 heavy (non-hydrogen) atoms. The first-order valence-corrected chi connectivity index (χ1v) is 11.0. The second-order valence-electron chi connectivity index (χ2n) is 7.18. The number of imidazole rings is 1. The molecule has 9 heteroatoms. The first-order chi connectivity index (χ1) is 14.4. The number of rotatable bonds is 4. The Balaban J connectivity index is 1.45. The van der Waals surface area contributed by atoms with Crippen molar-refractivity contribution in [1.29, 1.82) is 0 Å². The minimum absolute atomic E-state index is 0.194. The Morgan fingerprint density at radius 1 is 1.03 bits per heavy atom. The van der Waals surface area contributed by atoms with Crippen molar-refractivity contribution in [1.82, 2.24) is 19.4 Å². The Morgan fingerprint density at radius 3 is 2.53 bits per heavy atom. The van der Waals surface area contributed by atoms with Crippen LogP contribution < -0.4 is 0 Å². The van der Waals surface area contributed by atoms with E-state index in [-0.39, 0.29) is 22.7 Å². The average molecular weight is 484 g/mol. The SMILES string of the molecule is O=C(c1nc(Cl)ccc1Cl)N1CCC(c2nccn2Cc2cc(Cl)ccc2Cl)CC1. The molecule has 0 N–H and O–H groups in total. The molecule has 1 fully saturated rings. The Labute approximate surface area is 194 Å². The summed E-state index contributed by atoms with van der Waals surface area (Å²) in [6.07, 6.45) is 5.33. The lowest BCUT2D eigenvalue weighted by Crippen LogP contribution is -2.39. The van der Waals surface area contributed by atoms with Gasteiger partial charge < -0.3 is 9.47 Å². The summed E-state index contributed by atoms with van der Waals surface area (Å²) in [7, 11) is 0. The third-order valence-electron chi connectivity index (χ3n) is 5.26. The highest BCUT2D eigenvalue weighted by Crippen LogP contribution is 2.30. The number of hydrogen-bond donors (Lipinski definition) is 0. The maximum Gasteiger partial charge on any atom is 0.274 e. The first-order valence-electron chi connectivity index (χ1n) is 9.48. The maximum absolute atomic E-state index is 12.8. The van der Waals surface area contributed by atoms with E-state index in [1.165, 1.54) is 0 Å². The predicted octanol–water partition coefficient (Wildman–Crippen LogP) is 5.96. The number of likely N-dealkylation sites (tertiary alicyclic amines) is 1. The molecule has 0 saturated carbocycles. The van der Waals surface area contributed by atoms with Gasteiger partial charge in [0.15, 0.2) is 0 Å². The smallest absolute Gasteiger partial charge is 0.274 e. The summed E-state index contributed by atoms with van der Waals surface area (Å²) >= 11 is 24.5. The molecular weight excluding hydrogens is 466 g/mol. The molecule has 3 aromatic rings. The highest BCUT2D eigenvalue weighted by Gasteiger charge is 2.28. The fraction of sp³-hybridized carbons (Fsp3) is 0.286. The van der Waals surface area contributed by atoms with Crippen molar-refractivity contribution in [3.8, 4) is 0 Å². The second-order valence-corrected chi connectivity index (χ2v) is 8.82. The number of benzene rings is 1. The van der Waals surface area contributed by atoms with Crippen LogP contribution in [0.25, 0.3) is 0 Å². The van der Waals surface area contributed by atoms with Crippen LogP contribution in [0.5, 0.6) is 0 Å². The molecule has 0 spiro atoms. The van der Waals surface area contributed by atoms with Crippen LogP contribution in [0.3, 0.4) is 0 Å². The van der Waals surface area contributed by atoms with E-state index in [1.807, 2.05) is 12.3 Å². The van der Waals surface area contributed by atoms with Crippen LogP contribution in [0.15, 0.2) is 42.7 Å². The Hall–Kier alpha value is -1.79. The molecular formula is C21H18Cl4N4O. The number of amides is 1. The zero-order chi connectivity index (χ0) is 21.3. The van der Waals surface area contributed by atoms with Gasteiger partial charge in [-0.2, -0.15) is 0 Å². The molecule has 1 saturated heterocycles. The number of nitrogens with zero attached hydrogens (tertiary/aromatic N) is 4. The van der Waals surface area contributed by atoms with Crippen LogP contribution >= 0.6 is 46.4 Å². The van der Waals surface area contributed by atoms with E-state index >= 15 is 0 Å².